The molecule has 296 valence electrons. The number of ether oxygens (including phenoxy) is 1. The molecule has 3 N–H and O–H groups in total. The van der Waals surface area contributed by atoms with Crippen LogP contribution in [0.2, 0.25) is 0 Å². The highest BCUT2D eigenvalue weighted by atomic mass is 32.2. The van der Waals surface area contributed by atoms with Crippen molar-refractivity contribution in [3.8, 4) is 5.75 Å². The normalized spacial score (nSPS) is 18.6. The summed E-state index contributed by atoms with van der Waals surface area (Å²) >= 11 is 0. The lowest BCUT2D eigenvalue weighted by Crippen LogP contribution is -2.44. The van der Waals surface area contributed by atoms with Gasteiger partial charge in [0.2, 0.25) is 17.7 Å². The molecule has 8 rings (SSSR count). The smallest absolute Gasteiger partial charge is 0.329 e. The Morgan fingerprint density at radius 3 is 2.42 bits per heavy atom. The summed E-state index contributed by atoms with van der Waals surface area (Å²) in [6.07, 6.45) is 3.10. The van der Waals surface area contributed by atoms with Gasteiger partial charge in [-0.2, -0.15) is 8.42 Å². The highest BCUT2D eigenvalue weighted by molar-refractivity contribution is 7.92. The summed E-state index contributed by atoms with van der Waals surface area (Å²) in [6, 6.07) is 20.2. The third kappa shape index (κ3) is 7.41. The number of imidazole rings is 1. The van der Waals surface area contributed by atoms with E-state index in [-0.39, 0.29) is 60.2 Å². The standard InChI is InChI=1S/C40H40FN7O8S/c1-45-32-21-28(9-11-30(32)48(40(45)53)31-12-14-35(50)43-39(31)52)46-17-15-24(16-18-46)7-13-34(49)42-27-8-10-29-26(19-27)20-33(56-23-25-5-3-2-4-6-25)38(37(29)41)47-22-36(51)44-57(47,54)55/h2-6,8-11,19-21,24,31H,7,12-18,22-23H2,1H3,(H,42,49)(H,44,51)(H,43,50,52). The predicted octanol–water partition coefficient (Wildman–Crippen LogP) is 4.01. The average Bonchev–Trinajstić information content (AvgIpc) is 3.61. The Bertz CT molecular complexity index is 2620. The molecule has 17 heteroatoms. The summed E-state index contributed by atoms with van der Waals surface area (Å²) in [5.41, 5.74) is 2.79. The molecule has 0 bridgehead atoms. The Balaban J connectivity index is 0.912. The van der Waals surface area contributed by atoms with E-state index in [0.29, 0.717) is 38.8 Å². The summed E-state index contributed by atoms with van der Waals surface area (Å²) in [7, 11) is -2.67. The van der Waals surface area contributed by atoms with Crippen LogP contribution in [0, 0.1) is 11.7 Å². The van der Waals surface area contributed by atoms with Crippen molar-refractivity contribution < 1.29 is 36.7 Å². The maximum atomic E-state index is 16.2. The van der Waals surface area contributed by atoms with Crippen molar-refractivity contribution in [1.29, 1.82) is 0 Å². The molecule has 57 heavy (non-hydrogen) atoms. The minimum Gasteiger partial charge on any atom is -0.487 e. The first-order chi connectivity index (χ1) is 27.4. The van der Waals surface area contributed by atoms with Crippen molar-refractivity contribution >= 4 is 72.7 Å². The number of carbonyl (C=O) groups excluding carboxylic acids is 4. The van der Waals surface area contributed by atoms with Crippen LogP contribution in [0.1, 0.15) is 50.1 Å². The highest BCUT2D eigenvalue weighted by Crippen LogP contribution is 2.40. The second-order valence-electron chi connectivity index (χ2n) is 14.7. The van der Waals surface area contributed by atoms with Gasteiger partial charge in [-0.25, -0.2) is 18.2 Å². The van der Waals surface area contributed by atoms with Crippen LogP contribution in [0.3, 0.4) is 0 Å². The number of nitrogens with zero attached hydrogens (tertiary/aromatic N) is 4. The van der Waals surface area contributed by atoms with Gasteiger partial charge in [0.05, 0.1) is 11.0 Å². The Morgan fingerprint density at radius 2 is 1.70 bits per heavy atom. The van der Waals surface area contributed by atoms with E-state index in [0.717, 1.165) is 37.2 Å². The number of fused-ring (bicyclic) bond motifs is 2. The Labute approximate surface area is 326 Å². The summed E-state index contributed by atoms with van der Waals surface area (Å²) in [5.74, 6) is -2.45. The zero-order valence-electron chi connectivity index (χ0n) is 31.0. The number of rotatable bonds is 10. The molecule has 4 heterocycles. The minimum atomic E-state index is -4.34. The Hall–Kier alpha value is -6.23. The van der Waals surface area contributed by atoms with Gasteiger partial charge in [0.25, 0.3) is 5.91 Å². The van der Waals surface area contributed by atoms with E-state index in [1.54, 1.807) is 19.2 Å². The first-order valence-corrected chi connectivity index (χ1v) is 20.2. The third-order valence-corrected chi connectivity index (χ3v) is 12.3. The van der Waals surface area contributed by atoms with Crippen LogP contribution >= 0.6 is 0 Å². The molecule has 3 saturated heterocycles. The fraction of sp³-hybridized carbons (Fsp3) is 0.325. The van der Waals surface area contributed by atoms with Crippen LogP contribution in [0.4, 0.5) is 21.5 Å². The maximum Gasteiger partial charge on any atom is 0.329 e. The predicted molar refractivity (Wildman–Crippen MR) is 210 cm³/mol. The van der Waals surface area contributed by atoms with Crippen LogP contribution in [0.25, 0.3) is 21.8 Å². The molecule has 0 saturated carbocycles. The number of aryl methyl sites for hydroxylation is 1. The molecule has 0 radical (unpaired) electrons. The van der Waals surface area contributed by atoms with E-state index in [2.05, 4.69) is 15.5 Å². The first kappa shape index (κ1) is 37.7. The van der Waals surface area contributed by atoms with Crippen LogP contribution in [0.15, 0.2) is 77.6 Å². The molecule has 3 fully saturated rings. The largest absolute Gasteiger partial charge is 0.487 e. The van der Waals surface area contributed by atoms with E-state index in [1.165, 1.54) is 21.3 Å². The summed E-state index contributed by atoms with van der Waals surface area (Å²) < 4.78 is 53.1. The zero-order valence-corrected chi connectivity index (χ0v) is 31.8. The molecular weight excluding hydrogens is 758 g/mol. The zero-order chi connectivity index (χ0) is 40.0. The number of hydrogen-bond acceptors (Lipinski definition) is 9. The molecule has 3 aliphatic rings. The van der Waals surface area contributed by atoms with E-state index in [1.807, 2.05) is 53.3 Å². The number of piperidine rings is 2. The van der Waals surface area contributed by atoms with Gasteiger partial charge in [-0.1, -0.05) is 30.3 Å². The van der Waals surface area contributed by atoms with Gasteiger partial charge in [0.15, 0.2) is 5.82 Å². The van der Waals surface area contributed by atoms with Gasteiger partial charge >= 0.3 is 15.9 Å². The Kier molecular flexibility index (Phi) is 9.93. The molecule has 4 amide bonds. The number of anilines is 3. The fourth-order valence-corrected chi connectivity index (χ4v) is 9.11. The molecule has 4 aromatic carbocycles. The topological polar surface area (TPSA) is 181 Å². The fourth-order valence-electron chi connectivity index (χ4n) is 7.95. The number of imide groups is 1. The average molecular weight is 798 g/mol. The van der Waals surface area contributed by atoms with Gasteiger partial charge in [-0.3, -0.25) is 33.6 Å². The molecule has 1 aromatic heterocycles. The van der Waals surface area contributed by atoms with Crippen LogP contribution in [0.5, 0.6) is 5.75 Å². The van der Waals surface area contributed by atoms with Crippen molar-refractivity contribution in [2.24, 2.45) is 13.0 Å². The van der Waals surface area contributed by atoms with Crippen molar-refractivity contribution in [3.05, 3.63) is 94.7 Å². The second kappa shape index (κ2) is 15.0. The molecule has 3 aliphatic heterocycles. The van der Waals surface area contributed by atoms with Gasteiger partial charge in [0, 0.05) is 49.7 Å². The van der Waals surface area contributed by atoms with Crippen molar-refractivity contribution in [2.45, 2.75) is 51.2 Å². The lowest BCUT2D eigenvalue weighted by molar-refractivity contribution is -0.135. The van der Waals surface area contributed by atoms with Gasteiger partial charge < -0.3 is 15.0 Å². The summed E-state index contributed by atoms with van der Waals surface area (Å²) in [6.45, 7) is 0.936. The molecule has 15 nitrogen and oxygen atoms in total. The van der Waals surface area contributed by atoms with Crippen molar-refractivity contribution in [1.82, 2.24) is 19.2 Å². The highest BCUT2D eigenvalue weighted by Gasteiger charge is 2.38. The first-order valence-electron chi connectivity index (χ1n) is 18.7. The van der Waals surface area contributed by atoms with Crippen molar-refractivity contribution in [2.75, 3.05) is 34.2 Å². The molecular formula is C40H40FN7O8S. The quantitative estimate of drug-likeness (QED) is 0.176. The number of benzene rings is 4. The van der Waals surface area contributed by atoms with E-state index in [4.69, 9.17) is 4.74 Å². The van der Waals surface area contributed by atoms with Crippen LogP contribution in [-0.4, -0.2) is 60.8 Å². The lowest BCUT2D eigenvalue weighted by Gasteiger charge is -2.33. The van der Waals surface area contributed by atoms with Gasteiger partial charge in [-0.15, -0.1) is 0 Å². The second-order valence-corrected chi connectivity index (χ2v) is 16.2. The number of aromatic nitrogens is 2. The molecule has 0 spiro atoms. The monoisotopic (exact) mass is 797 g/mol. The summed E-state index contributed by atoms with van der Waals surface area (Å²) in [4.78, 5) is 64.8. The Morgan fingerprint density at radius 1 is 0.930 bits per heavy atom. The maximum absolute atomic E-state index is 16.2. The van der Waals surface area contributed by atoms with E-state index < -0.39 is 40.4 Å². The van der Waals surface area contributed by atoms with Crippen LogP contribution in [-0.2, 0) is 43.0 Å². The molecule has 0 aliphatic carbocycles. The van der Waals surface area contributed by atoms with Gasteiger partial charge in [-0.05, 0) is 85.0 Å². The number of carbonyl (C=O) groups is 4. The van der Waals surface area contributed by atoms with Crippen LogP contribution < -0.4 is 35.0 Å². The summed E-state index contributed by atoms with van der Waals surface area (Å²) in [5, 5.41) is 5.69. The number of nitrogens with one attached hydrogen (secondary N) is 3. The SMILES string of the molecule is Cn1c(=O)n(C2CCC(=O)NC2=O)c2ccc(N3CCC(CCC(=O)Nc4ccc5c(F)c(N6CC(=O)NS6(=O)=O)c(OCc6ccccc6)cc5c4)CC3)cc21. The molecule has 1 unspecified atom stereocenters. The van der Waals surface area contributed by atoms with E-state index in [9.17, 15) is 32.4 Å². The molecule has 5 aromatic rings. The van der Waals surface area contributed by atoms with Crippen molar-refractivity contribution in [3.63, 3.8) is 0 Å². The lowest BCUT2D eigenvalue weighted by atomic mass is 9.91. The molecule has 1 atom stereocenters. The minimum absolute atomic E-state index is 0.0142. The number of hydrogen-bond donors (Lipinski definition) is 3. The third-order valence-electron chi connectivity index (χ3n) is 11.0. The van der Waals surface area contributed by atoms with Gasteiger partial charge in [0.1, 0.15) is 30.6 Å². The number of halogens is 1. The van der Waals surface area contributed by atoms with E-state index >= 15 is 4.39 Å². The number of amides is 4.